The molecule has 12 heteroatoms. The van der Waals surface area contributed by atoms with E-state index in [4.69, 9.17) is 0 Å². The highest BCUT2D eigenvalue weighted by atomic mass is 19.4. The molecule has 180 valence electrons. The van der Waals surface area contributed by atoms with Crippen LogP contribution in [0.15, 0.2) is 42.6 Å². The highest BCUT2D eigenvalue weighted by Crippen LogP contribution is 2.32. The van der Waals surface area contributed by atoms with E-state index in [0.29, 0.717) is 10.2 Å². The quantitative estimate of drug-likeness (QED) is 0.550. The Balaban J connectivity index is 1.44. The van der Waals surface area contributed by atoms with Crippen molar-refractivity contribution >= 4 is 11.7 Å². The number of hydrogen-bond donors (Lipinski definition) is 1. The molecule has 1 amide bonds. The summed E-state index contributed by atoms with van der Waals surface area (Å²) in [5, 5.41) is 9.36. The van der Waals surface area contributed by atoms with E-state index >= 15 is 0 Å². The van der Waals surface area contributed by atoms with Gasteiger partial charge in [0.05, 0.1) is 5.69 Å². The molecule has 0 aliphatic carbocycles. The van der Waals surface area contributed by atoms with E-state index in [0.717, 1.165) is 62.8 Å². The minimum atomic E-state index is -4.91. The first kappa shape index (κ1) is 23.6. The molecule has 1 aliphatic heterocycles. The van der Waals surface area contributed by atoms with E-state index in [2.05, 4.69) is 37.3 Å². The van der Waals surface area contributed by atoms with Crippen molar-refractivity contribution in [2.75, 3.05) is 37.6 Å². The first-order valence-corrected chi connectivity index (χ1v) is 10.8. The summed E-state index contributed by atoms with van der Waals surface area (Å²) in [5.41, 5.74) is -1.64. The number of likely N-dealkylation sites (N-methyl/N-ethyl adjacent to an activating group) is 1. The zero-order chi connectivity index (χ0) is 24.3. The van der Waals surface area contributed by atoms with Crippen molar-refractivity contribution in [3.05, 3.63) is 65.4 Å². The van der Waals surface area contributed by atoms with Gasteiger partial charge >= 0.3 is 6.18 Å². The highest BCUT2D eigenvalue weighted by Gasteiger charge is 2.42. The maximum atomic E-state index is 13.7. The smallest absolute Gasteiger partial charge is 0.354 e. The van der Waals surface area contributed by atoms with Crippen LogP contribution >= 0.6 is 0 Å². The van der Waals surface area contributed by atoms with E-state index in [1.54, 1.807) is 12.3 Å². The molecule has 2 aromatic heterocycles. The number of amides is 1. The van der Waals surface area contributed by atoms with E-state index < -0.39 is 29.3 Å². The Morgan fingerprint density at radius 1 is 1.06 bits per heavy atom. The summed E-state index contributed by atoms with van der Waals surface area (Å²) in [7, 11) is 0. The number of benzene rings is 1. The van der Waals surface area contributed by atoms with Crippen LogP contribution in [0, 0.1) is 5.82 Å². The lowest BCUT2D eigenvalue weighted by atomic mass is 10.2. The van der Waals surface area contributed by atoms with Gasteiger partial charge in [0.1, 0.15) is 11.6 Å². The molecular formula is C22H23F4N7O. The number of rotatable bonds is 6. The largest absolute Gasteiger partial charge is 0.435 e. The highest BCUT2D eigenvalue weighted by molar-refractivity contribution is 5.93. The Hall–Kier alpha value is -3.54. The van der Waals surface area contributed by atoms with E-state index in [1.165, 1.54) is 0 Å². The van der Waals surface area contributed by atoms with Crippen LogP contribution in [0.4, 0.5) is 23.4 Å². The van der Waals surface area contributed by atoms with Gasteiger partial charge in [-0.05, 0) is 42.4 Å². The van der Waals surface area contributed by atoms with E-state index in [1.807, 2.05) is 6.07 Å². The summed E-state index contributed by atoms with van der Waals surface area (Å²) in [5.74, 6) is -0.828. The van der Waals surface area contributed by atoms with Gasteiger partial charge in [-0.2, -0.15) is 13.2 Å². The van der Waals surface area contributed by atoms with Crippen LogP contribution < -0.4 is 10.2 Å². The predicted octanol–water partition coefficient (Wildman–Crippen LogP) is 2.89. The minimum absolute atomic E-state index is 0.0313. The molecule has 3 aromatic rings. The summed E-state index contributed by atoms with van der Waals surface area (Å²) < 4.78 is 54.8. The van der Waals surface area contributed by atoms with Crippen LogP contribution in [0.25, 0.3) is 5.69 Å². The molecule has 0 radical (unpaired) electrons. The molecule has 0 spiro atoms. The molecule has 3 heterocycles. The number of halogens is 4. The molecule has 0 bridgehead atoms. The van der Waals surface area contributed by atoms with Crippen molar-refractivity contribution < 1.29 is 22.4 Å². The van der Waals surface area contributed by atoms with Gasteiger partial charge in [-0.25, -0.2) is 14.1 Å². The third-order valence-electron chi connectivity index (χ3n) is 5.63. The Labute approximate surface area is 193 Å². The number of pyridine rings is 1. The van der Waals surface area contributed by atoms with Crippen LogP contribution in [0.1, 0.15) is 28.7 Å². The van der Waals surface area contributed by atoms with Gasteiger partial charge in [-0.15, -0.1) is 5.10 Å². The van der Waals surface area contributed by atoms with Crippen LogP contribution in [-0.4, -0.2) is 63.5 Å². The third kappa shape index (κ3) is 5.16. The summed E-state index contributed by atoms with van der Waals surface area (Å²) in [6, 6.07) is 7.84. The first-order valence-electron chi connectivity index (χ1n) is 10.8. The SMILES string of the molecule is CCN1CCN(c2ccc(CNC(=O)c3nnn(-c4ccc(F)cc4)c3C(F)(F)F)cn2)CC1. The lowest BCUT2D eigenvalue weighted by Gasteiger charge is -2.34. The van der Waals surface area contributed by atoms with Crippen LogP contribution in [0.2, 0.25) is 0 Å². The molecule has 4 rings (SSSR count). The van der Waals surface area contributed by atoms with Gasteiger partial charge in [0, 0.05) is 38.9 Å². The second-order valence-electron chi connectivity index (χ2n) is 7.80. The van der Waals surface area contributed by atoms with Crippen molar-refractivity contribution in [3.8, 4) is 5.69 Å². The number of hydrogen-bond acceptors (Lipinski definition) is 6. The molecule has 1 aromatic carbocycles. The Kier molecular flexibility index (Phi) is 6.77. The fraction of sp³-hybridized carbons (Fsp3) is 0.364. The average Bonchev–Trinajstić information content (AvgIpc) is 3.30. The first-order chi connectivity index (χ1) is 16.3. The van der Waals surface area contributed by atoms with Crippen molar-refractivity contribution in [1.29, 1.82) is 0 Å². The van der Waals surface area contributed by atoms with Crippen molar-refractivity contribution in [2.45, 2.75) is 19.6 Å². The number of alkyl halides is 3. The summed E-state index contributed by atoms with van der Waals surface area (Å²) >= 11 is 0. The van der Waals surface area contributed by atoms with Crippen LogP contribution in [-0.2, 0) is 12.7 Å². The topological polar surface area (TPSA) is 79.2 Å². The minimum Gasteiger partial charge on any atom is -0.354 e. The molecule has 1 N–H and O–H groups in total. The lowest BCUT2D eigenvalue weighted by Crippen LogP contribution is -2.46. The van der Waals surface area contributed by atoms with Crippen molar-refractivity contribution in [2.24, 2.45) is 0 Å². The monoisotopic (exact) mass is 477 g/mol. The fourth-order valence-corrected chi connectivity index (χ4v) is 3.72. The number of carbonyl (C=O) groups excluding carboxylic acids is 1. The number of nitrogens with zero attached hydrogens (tertiary/aromatic N) is 6. The normalized spacial score (nSPS) is 14.9. The molecule has 34 heavy (non-hydrogen) atoms. The number of anilines is 1. The zero-order valence-corrected chi connectivity index (χ0v) is 18.4. The molecular weight excluding hydrogens is 454 g/mol. The van der Waals surface area contributed by atoms with Gasteiger partial charge in [0.25, 0.3) is 5.91 Å². The molecule has 0 saturated carbocycles. The molecule has 1 aliphatic rings. The van der Waals surface area contributed by atoms with Gasteiger partial charge in [-0.3, -0.25) is 4.79 Å². The maximum Gasteiger partial charge on any atom is 0.435 e. The molecule has 1 saturated heterocycles. The summed E-state index contributed by atoms with van der Waals surface area (Å²) in [4.78, 5) is 21.5. The van der Waals surface area contributed by atoms with E-state index in [-0.39, 0.29) is 12.2 Å². The number of carbonyl (C=O) groups is 1. The standard InChI is InChI=1S/C22H23F4N7O/c1-2-31-9-11-32(12-10-31)18-8-3-15(13-27-18)14-28-21(34)19-20(22(24,25)26)33(30-29-19)17-6-4-16(23)5-7-17/h3-8,13H,2,9-12,14H2,1H3,(H,28,34). The molecule has 1 fully saturated rings. The Morgan fingerprint density at radius 2 is 1.76 bits per heavy atom. The lowest BCUT2D eigenvalue weighted by molar-refractivity contribution is -0.143. The number of nitrogens with one attached hydrogen (secondary N) is 1. The van der Waals surface area contributed by atoms with Gasteiger partial charge in [-0.1, -0.05) is 18.2 Å². The fourth-order valence-electron chi connectivity index (χ4n) is 3.72. The van der Waals surface area contributed by atoms with Crippen molar-refractivity contribution in [1.82, 2.24) is 30.2 Å². The summed E-state index contributed by atoms with van der Waals surface area (Å²) in [6.07, 6.45) is -3.32. The number of piperazine rings is 1. The molecule has 0 unspecified atom stereocenters. The second kappa shape index (κ2) is 9.75. The zero-order valence-electron chi connectivity index (χ0n) is 18.4. The molecule has 0 atom stereocenters. The van der Waals surface area contributed by atoms with Crippen molar-refractivity contribution in [3.63, 3.8) is 0 Å². The average molecular weight is 477 g/mol. The maximum absolute atomic E-state index is 13.7. The Morgan fingerprint density at radius 3 is 2.35 bits per heavy atom. The third-order valence-corrected chi connectivity index (χ3v) is 5.63. The summed E-state index contributed by atoms with van der Waals surface area (Å²) in [6.45, 7) is 6.73. The van der Waals surface area contributed by atoms with Gasteiger partial charge < -0.3 is 15.1 Å². The van der Waals surface area contributed by atoms with Crippen LogP contribution in [0.5, 0.6) is 0 Å². The second-order valence-corrected chi connectivity index (χ2v) is 7.80. The predicted molar refractivity (Wildman–Crippen MR) is 116 cm³/mol. The van der Waals surface area contributed by atoms with E-state index in [9.17, 15) is 22.4 Å². The van der Waals surface area contributed by atoms with Crippen LogP contribution in [0.3, 0.4) is 0 Å². The Bertz CT molecular complexity index is 1120. The van der Waals surface area contributed by atoms with Gasteiger partial charge in [0.2, 0.25) is 0 Å². The molecule has 8 nitrogen and oxygen atoms in total. The number of aromatic nitrogens is 4. The van der Waals surface area contributed by atoms with Gasteiger partial charge in [0.15, 0.2) is 11.4 Å².